The lowest BCUT2D eigenvalue weighted by Crippen LogP contribution is -2.33. The predicted molar refractivity (Wildman–Crippen MR) is 60.1 cm³/mol. The number of hydrogen-bond donors (Lipinski definition) is 3. The summed E-state index contributed by atoms with van der Waals surface area (Å²) in [7, 11) is 0. The van der Waals surface area contributed by atoms with Gasteiger partial charge in [-0.2, -0.15) is 0 Å². The number of carbonyl (C=O) groups is 3. The first-order valence-corrected chi connectivity index (χ1v) is 5.21. The molecule has 1 fully saturated rings. The van der Waals surface area contributed by atoms with E-state index < -0.39 is 29.7 Å². The summed E-state index contributed by atoms with van der Waals surface area (Å²) in [6, 6.07) is 3.75. The van der Waals surface area contributed by atoms with Crippen molar-refractivity contribution in [1.82, 2.24) is 10.6 Å². The fourth-order valence-electron chi connectivity index (χ4n) is 1.53. The van der Waals surface area contributed by atoms with Gasteiger partial charge in [-0.25, -0.2) is 9.18 Å². The van der Waals surface area contributed by atoms with Crippen molar-refractivity contribution in [2.24, 2.45) is 0 Å². The van der Waals surface area contributed by atoms with Gasteiger partial charge in [0.25, 0.3) is 5.91 Å². The molecule has 0 bridgehead atoms. The van der Waals surface area contributed by atoms with Gasteiger partial charge in [0, 0.05) is 5.69 Å². The number of hydrogen-bond acceptors (Lipinski definition) is 3. The first kappa shape index (κ1) is 12.0. The maximum atomic E-state index is 12.6. The molecule has 6 nitrogen and oxygen atoms in total. The van der Waals surface area contributed by atoms with Gasteiger partial charge < -0.3 is 10.6 Å². The summed E-state index contributed by atoms with van der Waals surface area (Å²) in [5.41, 5.74) is 0.422. The monoisotopic (exact) mass is 251 g/mol. The molecule has 1 heterocycles. The Morgan fingerprint density at radius 2 is 1.94 bits per heavy atom. The van der Waals surface area contributed by atoms with E-state index in [1.807, 2.05) is 5.32 Å². The molecule has 0 aromatic heterocycles. The van der Waals surface area contributed by atoms with E-state index >= 15 is 0 Å². The van der Waals surface area contributed by atoms with Crippen LogP contribution in [0.25, 0.3) is 0 Å². The molecule has 94 valence electrons. The lowest BCUT2D eigenvalue weighted by atomic mass is 10.2. The number of carbonyl (C=O) groups excluding carboxylic acids is 3. The van der Waals surface area contributed by atoms with E-state index in [-0.39, 0.29) is 6.42 Å². The zero-order valence-corrected chi connectivity index (χ0v) is 9.20. The fraction of sp³-hybridized carbons (Fsp3) is 0.182. The first-order valence-electron chi connectivity index (χ1n) is 5.21. The minimum absolute atomic E-state index is 0.172. The Bertz CT molecular complexity index is 501. The van der Waals surface area contributed by atoms with Gasteiger partial charge in [-0.05, 0) is 24.3 Å². The maximum absolute atomic E-state index is 12.6. The van der Waals surface area contributed by atoms with Crippen molar-refractivity contribution in [2.75, 3.05) is 5.32 Å². The van der Waals surface area contributed by atoms with E-state index in [1.54, 1.807) is 0 Å². The molecule has 0 aliphatic carbocycles. The molecule has 1 saturated heterocycles. The van der Waals surface area contributed by atoms with E-state index in [0.717, 1.165) is 0 Å². The van der Waals surface area contributed by atoms with Crippen LogP contribution in [0.4, 0.5) is 14.9 Å². The quantitative estimate of drug-likeness (QED) is 0.678. The summed E-state index contributed by atoms with van der Waals surface area (Å²) in [5.74, 6) is -1.38. The highest BCUT2D eigenvalue weighted by molar-refractivity contribution is 6.06. The van der Waals surface area contributed by atoms with Crippen LogP contribution in [0.5, 0.6) is 0 Å². The van der Waals surface area contributed by atoms with Gasteiger partial charge in [0.15, 0.2) is 0 Å². The number of rotatable bonds is 3. The predicted octanol–water partition coefficient (Wildman–Crippen LogP) is 0.362. The Kier molecular flexibility index (Phi) is 3.22. The molecular formula is C11H10FN3O3. The molecule has 0 radical (unpaired) electrons. The van der Waals surface area contributed by atoms with Crippen molar-refractivity contribution < 1.29 is 18.8 Å². The molecule has 1 unspecified atom stereocenters. The van der Waals surface area contributed by atoms with Crippen LogP contribution < -0.4 is 16.0 Å². The van der Waals surface area contributed by atoms with Crippen molar-refractivity contribution in [2.45, 2.75) is 12.5 Å². The van der Waals surface area contributed by atoms with Gasteiger partial charge in [-0.3, -0.25) is 14.9 Å². The third kappa shape index (κ3) is 2.82. The third-order valence-corrected chi connectivity index (χ3v) is 2.38. The number of amides is 4. The molecule has 2 rings (SSSR count). The molecular weight excluding hydrogens is 241 g/mol. The van der Waals surface area contributed by atoms with Crippen molar-refractivity contribution in [1.29, 1.82) is 0 Å². The van der Waals surface area contributed by atoms with Gasteiger partial charge in [-0.15, -0.1) is 0 Å². The minimum atomic E-state index is -0.863. The maximum Gasteiger partial charge on any atom is 0.322 e. The van der Waals surface area contributed by atoms with Gasteiger partial charge in [0.05, 0.1) is 6.42 Å². The average Bonchev–Trinajstić information content (AvgIpc) is 2.61. The number of benzene rings is 1. The molecule has 1 aromatic carbocycles. The van der Waals surface area contributed by atoms with Crippen molar-refractivity contribution in [3.8, 4) is 0 Å². The highest BCUT2D eigenvalue weighted by Crippen LogP contribution is 2.09. The van der Waals surface area contributed by atoms with Gasteiger partial charge in [-0.1, -0.05) is 0 Å². The largest absolute Gasteiger partial charge is 0.326 e. The van der Waals surface area contributed by atoms with Crippen LogP contribution in [0.3, 0.4) is 0 Å². The van der Waals surface area contributed by atoms with Crippen molar-refractivity contribution in [3.05, 3.63) is 30.1 Å². The minimum Gasteiger partial charge on any atom is -0.326 e. The highest BCUT2D eigenvalue weighted by atomic mass is 19.1. The van der Waals surface area contributed by atoms with E-state index in [0.29, 0.717) is 5.69 Å². The van der Waals surface area contributed by atoms with Crippen LogP contribution in [0.2, 0.25) is 0 Å². The molecule has 1 aliphatic rings. The van der Waals surface area contributed by atoms with Crippen molar-refractivity contribution in [3.63, 3.8) is 0 Å². The number of anilines is 1. The molecule has 1 aliphatic heterocycles. The van der Waals surface area contributed by atoms with Crippen molar-refractivity contribution >= 4 is 23.5 Å². The Morgan fingerprint density at radius 3 is 2.50 bits per heavy atom. The van der Waals surface area contributed by atoms with Crippen LogP contribution in [0.1, 0.15) is 6.42 Å². The Balaban J connectivity index is 1.91. The van der Waals surface area contributed by atoms with Gasteiger partial charge >= 0.3 is 6.03 Å². The van der Waals surface area contributed by atoms with E-state index in [2.05, 4.69) is 10.6 Å². The van der Waals surface area contributed by atoms with Gasteiger partial charge in [0.2, 0.25) is 5.91 Å². The SMILES string of the molecule is O=C(CC1NC(=O)NC1=O)Nc1ccc(F)cc1. The molecule has 18 heavy (non-hydrogen) atoms. The Hall–Kier alpha value is -2.44. The Labute approximate surface area is 102 Å². The number of imide groups is 1. The van der Waals surface area contributed by atoms with E-state index in [1.165, 1.54) is 24.3 Å². The summed E-state index contributed by atoms with van der Waals surface area (Å²) in [6.07, 6.45) is -0.172. The van der Waals surface area contributed by atoms with Crippen LogP contribution >= 0.6 is 0 Å². The zero-order chi connectivity index (χ0) is 13.1. The molecule has 7 heteroatoms. The second kappa shape index (κ2) is 4.82. The molecule has 1 atom stereocenters. The fourth-order valence-corrected chi connectivity index (χ4v) is 1.53. The summed E-state index contributed by atoms with van der Waals surface area (Å²) < 4.78 is 12.6. The summed E-state index contributed by atoms with van der Waals surface area (Å²) in [6.45, 7) is 0. The van der Waals surface area contributed by atoms with Crippen LogP contribution in [-0.2, 0) is 9.59 Å². The van der Waals surface area contributed by atoms with Crippen LogP contribution in [-0.4, -0.2) is 23.9 Å². The Morgan fingerprint density at radius 1 is 1.28 bits per heavy atom. The number of nitrogens with one attached hydrogen (secondary N) is 3. The normalized spacial score (nSPS) is 18.2. The average molecular weight is 251 g/mol. The van der Waals surface area contributed by atoms with Crippen LogP contribution in [0, 0.1) is 5.82 Å². The smallest absolute Gasteiger partial charge is 0.322 e. The van der Waals surface area contributed by atoms with Crippen LogP contribution in [0.15, 0.2) is 24.3 Å². The second-order valence-corrected chi connectivity index (χ2v) is 3.77. The molecule has 3 N–H and O–H groups in total. The first-order chi connectivity index (χ1) is 8.54. The molecule has 4 amide bonds. The lowest BCUT2D eigenvalue weighted by molar-refractivity contribution is -0.124. The zero-order valence-electron chi connectivity index (χ0n) is 9.20. The second-order valence-electron chi connectivity index (χ2n) is 3.77. The molecule has 0 spiro atoms. The number of halogens is 1. The highest BCUT2D eigenvalue weighted by Gasteiger charge is 2.31. The lowest BCUT2D eigenvalue weighted by Gasteiger charge is -2.08. The molecule has 0 saturated carbocycles. The topological polar surface area (TPSA) is 87.3 Å². The number of urea groups is 1. The summed E-state index contributed by atoms with van der Waals surface area (Å²) in [4.78, 5) is 33.6. The third-order valence-electron chi connectivity index (χ3n) is 2.38. The van der Waals surface area contributed by atoms with E-state index in [4.69, 9.17) is 0 Å². The van der Waals surface area contributed by atoms with E-state index in [9.17, 15) is 18.8 Å². The standard InChI is InChI=1S/C11H10FN3O3/c12-6-1-3-7(4-2-6)13-9(16)5-8-10(17)15-11(18)14-8/h1-4,8H,5H2,(H,13,16)(H2,14,15,17,18). The van der Waals surface area contributed by atoms with Gasteiger partial charge in [0.1, 0.15) is 11.9 Å². The summed E-state index contributed by atoms with van der Waals surface area (Å²) in [5, 5.41) is 6.83. The molecule has 1 aromatic rings. The summed E-state index contributed by atoms with van der Waals surface area (Å²) >= 11 is 0.